The lowest BCUT2D eigenvalue weighted by Gasteiger charge is -2.26. The molecule has 0 unspecified atom stereocenters. The minimum Gasteiger partial charge on any atom is -0.444 e. The van der Waals surface area contributed by atoms with Crippen molar-refractivity contribution in [2.24, 2.45) is 0 Å². The molecular weight excluding hydrogens is 873 g/mol. The van der Waals surface area contributed by atoms with Gasteiger partial charge in [0.15, 0.2) is 0 Å². The van der Waals surface area contributed by atoms with Crippen molar-refractivity contribution in [3.63, 3.8) is 0 Å². The van der Waals surface area contributed by atoms with Crippen molar-refractivity contribution < 1.29 is 28.7 Å². The first-order chi connectivity index (χ1) is 33.3. The number of hydrogen-bond donors (Lipinski definition) is 0. The average molecular weight is 935 g/mol. The molecule has 0 saturated heterocycles. The van der Waals surface area contributed by atoms with Gasteiger partial charge in [0.25, 0.3) is 11.8 Å². The van der Waals surface area contributed by atoms with Gasteiger partial charge < -0.3 is 29.1 Å². The molecule has 10 heteroatoms. The minimum atomic E-state index is -0.612. The van der Waals surface area contributed by atoms with Crippen LogP contribution in [-0.2, 0) is 35.7 Å². The fourth-order valence-electron chi connectivity index (χ4n) is 9.25. The molecule has 4 amide bonds. The number of amides is 4. The maximum atomic E-state index is 14.1. The fraction of sp³-hybridized carbons (Fsp3) is 0.267. The van der Waals surface area contributed by atoms with Gasteiger partial charge in [-0.15, -0.1) is 0 Å². The van der Waals surface area contributed by atoms with E-state index in [1.165, 1.54) is 0 Å². The van der Waals surface area contributed by atoms with Crippen LogP contribution in [0.3, 0.4) is 0 Å². The van der Waals surface area contributed by atoms with Gasteiger partial charge >= 0.3 is 12.2 Å². The van der Waals surface area contributed by atoms with Gasteiger partial charge in [0.1, 0.15) is 11.2 Å². The number of benzene rings is 8. The molecule has 0 aliphatic heterocycles. The Kier molecular flexibility index (Phi) is 13.7. The molecule has 358 valence electrons. The van der Waals surface area contributed by atoms with Crippen molar-refractivity contribution in [1.82, 2.24) is 19.6 Å². The van der Waals surface area contributed by atoms with Gasteiger partial charge in [0, 0.05) is 65.5 Å². The van der Waals surface area contributed by atoms with Gasteiger partial charge in [-0.25, -0.2) is 9.59 Å². The molecule has 0 aliphatic rings. The van der Waals surface area contributed by atoms with Gasteiger partial charge in [-0.05, 0) is 142 Å². The lowest BCUT2D eigenvalue weighted by molar-refractivity contribution is 0.0276. The Labute approximate surface area is 411 Å². The van der Waals surface area contributed by atoms with E-state index in [-0.39, 0.29) is 11.8 Å². The third kappa shape index (κ3) is 10.5. The summed E-state index contributed by atoms with van der Waals surface area (Å²) in [6.07, 6.45) is -0.780. The summed E-state index contributed by atoms with van der Waals surface area (Å²) in [7, 11) is 7.15. The first kappa shape index (κ1) is 48.7. The lowest BCUT2D eigenvalue weighted by Crippen LogP contribution is -2.34. The lowest BCUT2D eigenvalue weighted by atomic mass is 9.91. The van der Waals surface area contributed by atoms with Crippen molar-refractivity contribution in [3.8, 4) is 11.1 Å². The summed E-state index contributed by atoms with van der Waals surface area (Å²) in [5, 5.41) is 8.17. The summed E-state index contributed by atoms with van der Waals surface area (Å²) in [6.45, 7) is 12.6. The van der Waals surface area contributed by atoms with E-state index in [9.17, 15) is 19.2 Å². The van der Waals surface area contributed by atoms with Crippen LogP contribution in [0.5, 0.6) is 0 Å². The largest absolute Gasteiger partial charge is 0.444 e. The molecule has 0 aliphatic carbocycles. The maximum Gasteiger partial charge on any atom is 0.410 e. The highest BCUT2D eigenvalue weighted by atomic mass is 16.6. The van der Waals surface area contributed by atoms with Crippen LogP contribution in [0.4, 0.5) is 9.59 Å². The van der Waals surface area contributed by atoms with E-state index in [4.69, 9.17) is 9.47 Å². The van der Waals surface area contributed by atoms with E-state index in [0.29, 0.717) is 37.3 Å². The van der Waals surface area contributed by atoms with Crippen molar-refractivity contribution in [2.45, 2.75) is 78.9 Å². The van der Waals surface area contributed by atoms with Crippen molar-refractivity contribution >= 4 is 67.1 Å². The second-order valence-electron chi connectivity index (χ2n) is 20.2. The third-order valence-corrected chi connectivity index (χ3v) is 12.6. The zero-order valence-electron chi connectivity index (χ0n) is 41.9. The topological polar surface area (TPSA) is 99.7 Å². The van der Waals surface area contributed by atoms with Gasteiger partial charge in [0.05, 0.1) is 0 Å². The smallest absolute Gasteiger partial charge is 0.410 e. The van der Waals surface area contributed by atoms with Gasteiger partial charge in [0.2, 0.25) is 0 Å². The Balaban J connectivity index is 0.974. The zero-order chi connectivity index (χ0) is 50.1. The predicted molar refractivity (Wildman–Crippen MR) is 282 cm³/mol. The summed E-state index contributed by atoms with van der Waals surface area (Å²) < 4.78 is 11.3. The molecular formula is C60H62N4O6. The molecule has 0 heterocycles. The van der Waals surface area contributed by atoms with E-state index in [1.807, 2.05) is 153 Å². The van der Waals surface area contributed by atoms with Crippen LogP contribution in [0, 0.1) is 0 Å². The third-order valence-electron chi connectivity index (χ3n) is 12.6. The monoisotopic (exact) mass is 934 g/mol. The maximum absolute atomic E-state index is 14.1. The summed E-state index contributed by atoms with van der Waals surface area (Å²) in [4.78, 5) is 60.9. The number of fused-ring (bicyclic) bond motifs is 4. The highest BCUT2D eigenvalue weighted by Crippen LogP contribution is 2.37. The predicted octanol–water partition coefficient (Wildman–Crippen LogP) is 13.2. The Morgan fingerprint density at radius 3 is 0.771 bits per heavy atom. The van der Waals surface area contributed by atoms with Crippen LogP contribution < -0.4 is 0 Å². The fourth-order valence-corrected chi connectivity index (χ4v) is 9.25. The minimum absolute atomic E-state index is 0.110. The number of hydrogen-bond acceptors (Lipinski definition) is 6. The summed E-state index contributed by atoms with van der Waals surface area (Å²) in [5.41, 5.74) is 5.84. The van der Waals surface area contributed by atoms with Crippen molar-refractivity contribution in [1.29, 1.82) is 0 Å². The van der Waals surface area contributed by atoms with Gasteiger partial charge in [-0.1, -0.05) is 121 Å². The van der Waals surface area contributed by atoms with Crippen molar-refractivity contribution in [3.05, 3.63) is 179 Å². The number of nitrogens with zero attached hydrogens (tertiary/aromatic N) is 4. The second kappa shape index (κ2) is 19.7. The molecule has 0 spiro atoms. The summed E-state index contributed by atoms with van der Waals surface area (Å²) >= 11 is 0. The number of rotatable bonds is 11. The summed E-state index contributed by atoms with van der Waals surface area (Å²) in [6, 6.07) is 47.8. The zero-order valence-corrected chi connectivity index (χ0v) is 41.9. The van der Waals surface area contributed by atoms with Gasteiger partial charge in [-0.2, -0.15) is 0 Å². The van der Waals surface area contributed by atoms with Crippen molar-refractivity contribution in [2.75, 3.05) is 28.2 Å². The Morgan fingerprint density at radius 2 is 0.557 bits per heavy atom. The standard InChI is InChI=1S/C60H62N4O6/c1-59(2,3)69-57(67)63(9)37-53-47-23-15-11-19-43(47)51(44-20-12-16-24-48(44)53)35-61(7)55(65)41-31-27-39(28-32-41)40-29-33-42(34-30-40)56(66)62(8)36-52-45-21-13-17-25-49(45)54(50-26-18-14-22-46(50)52)38-64(10)58(68)70-60(4,5)6/h11-34H,35-38H2,1-10H3. The molecule has 8 rings (SSSR count). The first-order valence-corrected chi connectivity index (χ1v) is 23.7. The highest BCUT2D eigenvalue weighted by molar-refractivity contribution is 6.08. The Morgan fingerprint density at radius 1 is 0.343 bits per heavy atom. The molecule has 0 saturated carbocycles. The van der Waals surface area contributed by atoms with Crippen LogP contribution in [0.15, 0.2) is 146 Å². The quantitative estimate of drug-likeness (QED) is 0.120. The van der Waals surface area contributed by atoms with E-state index in [0.717, 1.165) is 76.5 Å². The van der Waals surface area contributed by atoms with E-state index < -0.39 is 23.4 Å². The Bertz CT molecular complexity index is 2940. The summed E-state index contributed by atoms with van der Waals surface area (Å²) in [5.74, 6) is -0.221. The molecule has 10 nitrogen and oxygen atoms in total. The van der Waals surface area contributed by atoms with Crippen LogP contribution in [0.2, 0.25) is 0 Å². The molecule has 0 bridgehead atoms. The van der Waals surface area contributed by atoms with Crippen LogP contribution in [0.25, 0.3) is 54.2 Å². The SMILES string of the molecule is CN(Cc1c2ccccc2c(CN(C)C(=O)c2ccc(-c3ccc(C(=O)N(C)Cc4c5ccccc5c(CN(C)C(=O)OC(C)(C)C)c5ccccc45)cc3)cc2)c2ccccc12)C(=O)OC(C)(C)C. The van der Waals surface area contributed by atoms with Crippen LogP contribution in [0.1, 0.15) is 84.5 Å². The molecule has 0 radical (unpaired) electrons. The molecule has 70 heavy (non-hydrogen) atoms. The van der Waals surface area contributed by atoms with Crippen LogP contribution >= 0.6 is 0 Å². The molecule has 8 aromatic carbocycles. The number of ether oxygens (including phenoxy) is 2. The molecule has 0 aromatic heterocycles. The van der Waals surface area contributed by atoms with Gasteiger partial charge in [-0.3, -0.25) is 9.59 Å². The number of carbonyl (C=O) groups excluding carboxylic acids is 4. The highest BCUT2D eigenvalue weighted by Gasteiger charge is 2.25. The number of carbonyl (C=O) groups is 4. The Hall–Kier alpha value is -7.72. The molecule has 0 fully saturated rings. The van der Waals surface area contributed by atoms with E-state index in [2.05, 4.69) is 48.5 Å². The molecule has 8 aromatic rings. The van der Waals surface area contributed by atoms with E-state index >= 15 is 0 Å². The normalized spacial score (nSPS) is 11.7. The first-order valence-electron chi connectivity index (χ1n) is 23.7. The second-order valence-corrected chi connectivity index (χ2v) is 20.2. The molecule has 0 N–H and O–H groups in total. The average Bonchev–Trinajstić information content (AvgIpc) is 3.34. The van der Waals surface area contributed by atoms with Crippen LogP contribution in [-0.4, -0.2) is 83.0 Å². The molecule has 0 atom stereocenters. The van der Waals surface area contributed by atoms with E-state index in [1.54, 1.807) is 33.7 Å².